The smallest absolute Gasteiger partial charge is 0.343 e. The number of hydrogen-bond acceptors (Lipinski definition) is 4. The fraction of sp³-hybridized carbons (Fsp3) is 0.308. The number of methoxy groups -OCH3 is 1. The van der Waals surface area contributed by atoms with Crippen LogP contribution in [0.1, 0.15) is 16.8 Å². The number of carbonyl (C=O) groups is 3. The monoisotopic (exact) mass is 280 g/mol. The van der Waals surface area contributed by atoms with Crippen LogP contribution in [0.15, 0.2) is 18.2 Å². The van der Waals surface area contributed by atoms with Gasteiger partial charge in [0.2, 0.25) is 11.8 Å². The quantitative estimate of drug-likeness (QED) is 0.814. The number of hydrogen-bond donors (Lipinski definition) is 1. The molecule has 1 atom stereocenters. The van der Waals surface area contributed by atoms with E-state index in [9.17, 15) is 18.8 Å². The summed E-state index contributed by atoms with van der Waals surface area (Å²) in [4.78, 5) is 35.9. The van der Waals surface area contributed by atoms with Crippen molar-refractivity contribution in [3.8, 4) is 0 Å². The van der Waals surface area contributed by atoms with Gasteiger partial charge in [0, 0.05) is 13.0 Å². The van der Waals surface area contributed by atoms with Crippen molar-refractivity contribution in [1.29, 1.82) is 0 Å². The van der Waals surface area contributed by atoms with Crippen molar-refractivity contribution in [1.82, 2.24) is 0 Å². The lowest BCUT2D eigenvalue weighted by Gasteiger charge is -2.19. The highest BCUT2D eigenvalue weighted by Crippen LogP contribution is 2.30. The molecule has 106 valence electrons. The molecule has 2 N–H and O–H groups in total. The Morgan fingerprint density at radius 1 is 1.45 bits per heavy atom. The van der Waals surface area contributed by atoms with E-state index in [1.807, 2.05) is 0 Å². The molecule has 0 aromatic heterocycles. The van der Waals surface area contributed by atoms with Gasteiger partial charge in [-0.2, -0.15) is 0 Å². The Hall–Kier alpha value is -2.44. The lowest BCUT2D eigenvalue weighted by atomic mass is 10.1. The molecule has 20 heavy (non-hydrogen) atoms. The van der Waals surface area contributed by atoms with Gasteiger partial charge in [0.05, 0.1) is 18.7 Å². The fourth-order valence-electron chi connectivity index (χ4n) is 2.17. The number of nitrogens with zero attached hydrogens (tertiary/aromatic N) is 1. The summed E-state index contributed by atoms with van der Waals surface area (Å²) in [6, 6.07) is 3.90. The molecule has 1 saturated heterocycles. The molecular formula is C13H13FN2O4. The average molecular weight is 280 g/mol. The summed E-state index contributed by atoms with van der Waals surface area (Å²) in [7, 11) is 1.12. The van der Waals surface area contributed by atoms with Gasteiger partial charge in [-0.3, -0.25) is 9.59 Å². The number of rotatable bonds is 3. The highest BCUT2D eigenvalue weighted by atomic mass is 19.1. The van der Waals surface area contributed by atoms with E-state index < -0.39 is 23.6 Å². The topological polar surface area (TPSA) is 89.7 Å². The van der Waals surface area contributed by atoms with Crippen LogP contribution in [0.3, 0.4) is 0 Å². The van der Waals surface area contributed by atoms with Gasteiger partial charge in [-0.15, -0.1) is 0 Å². The first kappa shape index (κ1) is 14.0. The summed E-state index contributed by atoms with van der Waals surface area (Å²) in [5, 5.41) is 0. The van der Waals surface area contributed by atoms with Crippen molar-refractivity contribution >= 4 is 23.5 Å². The molecule has 0 bridgehead atoms. The first-order chi connectivity index (χ1) is 9.45. The molecule has 1 aromatic rings. The number of ether oxygens (including phenoxy) is 1. The standard InChI is InChI=1S/C13H13FN2O4/c1-20-13(19)11-8(14)3-2-4-9(11)16-6-7(12(15)18)5-10(16)17/h2-4,7H,5-6H2,1H3,(H2,15,18). The largest absolute Gasteiger partial charge is 0.465 e. The van der Waals surface area contributed by atoms with Crippen molar-refractivity contribution in [2.45, 2.75) is 6.42 Å². The Morgan fingerprint density at radius 2 is 2.15 bits per heavy atom. The maximum Gasteiger partial charge on any atom is 0.343 e. The van der Waals surface area contributed by atoms with Crippen LogP contribution >= 0.6 is 0 Å². The van der Waals surface area contributed by atoms with Gasteiger partial charge < -0.3 is 15.4 Å². The zero-order chi connectivity index (χ0) is 14.9. The Balaban J connectivity index is 2.43. The molecule has 2 rings (SSSR count). The molecule has 2 amide bonds. The minimum absolute atomic E-state index is 0.0294. The molecule has 0 radical (unpaired) electrons. The fourth-order valence-corrected chi connectivity index (χ4v) is 2.17. The molecule has 1 aromatic carbocycles. The second kappa shape index (κ2) is 5.28. The number of benzene rings is 1. The van der Waals surface area contributed by atoms with E-state index >= 15 is 0 Å². The van der Waals surface area contributed by atoms with Crippen LogP contribution in [0.25, 0.3) is 0 Å². The van der Waals surface area contributed by atoms with E-state index in [2.05, 4.69) is 4.74 Å². The molecule has 0 aliphatic carbocycles. The Labute approximate surface area is 114 Å². The van der Waals surface area contributed by atoms with Crippen LogP contribution in [0.5, 0.6) is 0 Å². The van der Waals surface area contributed by atoms with Crippen LogP contribution in [0.2, 0.25) is 0 Å². The number of halogens is 1. The minimum atomic E-state index is -0.881. The normalized spacial score (nSPS) is 18.2. The van der Waals surface area contributed by atoms with E-state index in [0.29, 0.717) is 0 Å². The zero-order valence-corrected chi connectivity index (χ0v) is 10.8. The maximum absolute atomic E-state index is 13.8. The van der Waals surface area contributed by atoms with E-state index in [0.717, 1.165) is 13.2 Å². The minimum Gasteiger partial charge on any atom is -0.465 e. The van der Waals surface area contributed by atoms with Crippen molar-refractivity contribution in [2.75, 3.05) is 18.6 Å². The van der Waals surface area contributed by atoms with Gasteiger partial charge in [-0.05, 0) is 12.1 Å². The summed E-state index contributed by atoms with van der Waals surface area (Å²) in [6.07, 6.45) is -0.0491. The third-order valence-corrected chi connectivity index (χ3v) is 3.20. The molecule has 0 spiro atoms. The summed E-state index contributed by atoms with van der Waals surface area (Å²) >= 11 is 0. The van der Waals surface area contributed by atoms with Gasteiger partial charge in [-0.1, -0.05) is 6.07 Å². The zero-order valence-electron chi connectivity index (χ0n) is 10.8. The summed E-state index contributed by atoms with van der Waals surface area (Å²) in [5.74, 6) is -3.30. The SMILES string of the molecule is COC(=O)c1c(F)cccc1N1CC(C(N)=O)CC1=O. The third kappa shape index (κ3) is 2.34. The van der Waals surface area contributed by atoms with Gasteiger partial charge in [0.1, 0.15) is 11.4 Å². The second-order valence-corrected chi connectivity index (χ2v) is 4.43. The van der Waals surface area contributed by atoms with Crippen molar-refractivity contribution in [2.24, 2.45) is 11.7 Å². The predicted molar refractivity (Wildman–Crippen MR) is 67.4 cm³/mol. The number of anilines is 1. The van der Waals surface area contributed by atoms with E-state index in [-0.39, 0.29) is 30.1 Å². The molecule has 1 heterocycles. The summed E-state index contributed by atoms with van der Waals surface area (Å²) in [6.45, 7) is 0.0294. The Kier molecular flexibility index (Phi) is 3.69. The second-order valence-electron chi connectivity index (χ2n) is 4.43. The van der Waals surface area contributed by atoms with E-state index in [1.54, 1.807) is 0 Å². The van der Waals surface area contributed by atoms with Crippen LogP contribution in [-0.4, -0.2) is 31.4 Å². The molecule has 7 heteroatoms. The molecule has 0 saturated carbocycles. The number of esters is 1. The van der Waals surface area contributed by atoms with E-state index in [4.69, 9.17) is 5.73 Å². The average Bonchev–Trinajstić information content (AvgIpc) is 2.80. The maximum atomic E-state index is 13.8. The van der Waals surface area contributed by atoms with Crippen LogP contribution in [0.4, 0.5) is 10.1 Å². The lowest BCUT2D eigenvalue weighted by molar-refractivity contribution is -0.123. The lowest BCUT2D eigenvalue weighted by Crippen LogP contribution is -2.30. The highest BCUT2D eigenvalue weighted by Gasteiger charge is 2.36. The molecule has 1 unspecified atom stereocenters. The van der Waals surface area contributed by atoms with Crippen molar-refractivity contribution < 1.29 is 23.5 Å². The summed E-state index contributed by atoms with van der Waals surface area (Å²) in [5.41, 5.74) is 4.93. The molecular weight excluding hydrogens is 267 g/mol. The van der Waals surface area contributed by atoms with Crippen molar-refractivity contribution in [3.63, 3.8) is 0 Å². The predicted octanol–water partition coefficient (Wildman–Crippen LogP) is 0.450. The van der Waals surface area contributed by atoms with Crippen LogP contribution in [-0.2, 0) is 14.3 Å². The summed E-state index contributed by atoms with van der Waals surface area (Å²) < 4.78 is 18.3. The molecule has 1 fully saturated rings. The number of primary amides is 1. The number of nitrogens with two attached hydrogens (primary N) is 1. The van der Waals surface area contributed by atoms with Crippen molar-refractivity contribution in [3.05, 3.63) is 29.6 Å². The van der Waals surface area contributed by atoms with E-state index in [1.165, 1.54) is 17.0 Å². The molecule has 6 nitrogen and oxygen atoms in total. The first-order valence-corrected chi connectivity index (χ1v) is 5.92. The van der Waals surface area contributed by atoms with Gasteiger partial charge in [-0.25, -0.2) is 9.18 Å². The Morgan fingerprint density at radius 3 is 2.70 bits per heavy atom. The highest BCUT2D eigenvalue weighted by molar-refractivity contribution is 6.05. The number of amides is 2. The molecule has 1 aliphatic heterocycles. The molecule has 1 aliphatic rings. The van der Waals surface area contributed by atoms with Gasteiger partial charge in [0.25, 0.3) is 0 Å². The third-order valence-electron chi connectivity index (χ3n) is 3.20. The number of carbonyl (C=O) groups excluding carboxylic acids is 3. The van der Waals surface area contributed by atoms with Crippen LogP contribution < -0.4 is 10.6 Å². The van der Waals surface area contributed by atoms with Crippen LogP contribution in [0, 0.1) is 11.7 Å². The Bertz CT molecular complexity index is 588. The first-order valence-electron chi connectivity index (χ1n) is 5.92. The van der Waals surface area contributed by atoms with Gasteiger partial charge >= 0.3 is 5.97 Å². The van der Waals surface area contributed by atoms with Gasteiger partial charge in [0.15, 0.2) is 0 Å².